The van der Waals surface area contributed by atoms with Gasteiger partial charge in [-0.05, 0) is 44.3 Å². The van der Waals surface area contributed by atoms with Gasteiger partial charge >= 0.3 is 0 Å². The van der Waals surface area contributed by atoms with Crippen molar-refractivity contribution in [3.63, 3.8) is 0 Å². The normalized spacial score (nSPS) is 19.8. The Morgan fingerprint density at radius 2 is 1.65 bits per heavy atom. The molecule has 3 rings (SSSR count). The highest BCUT2D eigenvalue weighted by molar-refractivity contribution is 5.85. The van der Waals surface area contributed by atoms with Gasteiger partial charge in [0, 0.05) is 12.5 Å². The predicted molar refractivity (Wildman–Crippen MR) is 103 cm³/mol. The summed E-state index contributed by atoms with van der Waals surface area (Å²) in [5, 5.41) is 5.84. The molecular formula is C21H31N3O2. The maximum atomic E-state index is 12.2. The zero-order chi connectivity index (χ0) is 18.2. The lowest BCUT2D eigenvalue weighted by Gasteiger charge is -2.28. The van der Waals surface area contributed by atoms with Gasteiger partial charge in [0.1, 0.15) is 0 Å². The molecular weight excluding hydrogens is 326 g/mol. The molecule has 0 aromatic heterocycles. The second-order valence-corrected chi connectivity index (χ2v) is 7.53. The van der Waals surface area contributed by atoms with Crippen LogP contribution in [0.4, 0.5) is 0 Å². The van der Waals surface area contributed by atoms with Gasteiger partial charge in [0.2, 0.25) is 11.8 Å². The molecule has 2 fully saturated rings. The van der Waals surface area contributed by atoms with Crippen LogP contribution in [0.25, 0.3) is 0 Å². The number of likely N-dealkylation sites (tertiary alicyclic amines) is 1. The van der Waals surface area contributed by atoms with E-state index in [0.29, 0.717) is 6.54 Å². The van der Waals surface area contributed by atoms with E-state index in [0.717, 1.165) is 38.8 Å². The molecule has 0 bridgehead atoms. The molecule has 5 heteroatoms. The number of benzene rings is 1. The van der Waals surface area contributed by atoms with E-state index in [9.17, 15) is 9.59 Å². The summed E-state index contributed by atoms with van der Waals surface area (Å²) in [7, 11) is 0. The summed E-state index contributed by atoms with van der Waals surface area (Å²) in [6.45, 7) is 2.82. The van der Waals surface area contributed by atoms with Gasteiger partial charge < -0.3 is 10.6 Å². The van der Waals surface area contributed by atoms with E-state index in [1.54, 1.807) is 0 Å². The van der Waals surface area contributed by atoms with Gasteiger partial charge in [0.05, 0.1) is 12.6 Å². The quantitative estimate of drug-likeness (QED) is 0.789. The third-order valence-corrected chi connectivity index (χ3v) is 5.66. The van der Waals surface area contributed by atoms with E-state index >= 15 is 0 Å². The Morgan fingerprint density at radius 1 is 0.962 bits per heavy atom. The van der Waals surface area contributed by atoms with E-state index in [4.69, 9.17) is 0 Å². The highest BCUT2D eigenvalue weighted by Gasteiger charge is 2.24. The van der Waals surface area contributed by atoms with Crippen LogP contribution in [0.5, 0.6) is 0 Å². The monoisotopic (exact) mass is 357 g/mol. The van der Waals surface area contributed by atoms with Gasteiger partial charge in [-0.15, -0.1) is 0 Å². The second kappa shape index (κ2) is 9.72. The minimum Gasteiger partial charge on any atom is -0.353 e. The molecule has 2 amide bonds. The third-order valence-electron chi connectivity index (χ3n) is 5.66. The minimum absolute atomic E-state index is 0.0407. The molecule has 26 heavy (non-hydrogen) atoms. The molecule has 1 saturated carbocycles. The Labute approximate surface area is 156 Å². The molecule has 2 aliphatic rings. The fourth-order valence-corrected chi connectivity index (χ4v) is 4.14. The molecule has 0 radical (unpaired) electrons. The Morgan fingerprint density at radius 3 is 2.35 bits per heavy atom. The molecule has 1 atom stereocenters. The van der Waals surface area contributed by atoms with Gasteiger partial charge in [-0.25, -0.2) is 0 Å². The first-order valence-corrected chi connectivity index (χ1v) is 10.1. The van der Waals surface area contributed by atoms with Crippen LogP contribution in [0.15, 0.2) is 30.3 Å². The van der Waals surface area contributed by atoms with Gasteiger partial charge in [-0.2, -0.15) is 0 Å². The number of carbonyl (C=O) groups is 2. The first-order chi connectivity index (χ1) is 12.7. The van der Waals surface area contributed by atoms with E-state index in [2.05, 4.69) is 27.7 Å². The van der Waals surface area contributed by atoms with Crippen molar-refractivity contribution in [3.05, 3.63) is 35.9 Å². The summed E-state index contributed by atoms with van der Waals surface area (Å²) in [6.07, 6.45) is 7.82. The van der Waals surface area contributed by atoms with E-state index in [-0.39, 0.29) is 30.3 Å². The van der Waals surface area contributed by atoms with Gasteiger partial charge in [0.15, 0.2) is 0 Å². The standard InChI is InChI=1S/C21H31N3O2/c25-20(16-23-21(26)18-11-5-2-6-12-18)22-15-19(24-13-7-8-14-24)17-9-3-1-4-10-17/h1,3-4,9-10,18-19H,2,5-8,11-16H2,(H,22,25)(H,23,26). The average Bonchev–Trinajstić information content (AvgIpc) is 3.22. The van der Waals surface area contributed by atoms with Crippen LogP contribution in [-0.4, -0.2) is 42.9 Å². The van der Waals surface area contributed by atoms with Crippen LogP contribution in [0.1, 0.15) is 56.6 Å². The summed E-state index contributed by atoms with van der Waals surface area (Å²) >= 11 is 0. The van der Waals surface area contributed by atoms with E-state index in [1.165, 1.54) is 24.8 Å². The molecule has 1 aromatic rings. The minimum atomic E-state index is -0.103. The Kier molecular flexibility index (Phi) is 7.06. The number of amides is 2. The van der Waals surface area contributed by atoms with Crippen LogP contribution >= 0.6 is 0 Å². The molecule has 1 aliphatic heterocycles. The number of hydrogen-bond acceptors (Lipinski definition) is 3. The van der Waals surface area contributed by atoms with Crippen molar-refractivity contribution in [2.75, 3.05) is 26.2 Å². The number of nitrogens with one attached hydrogen (secondary N) is 2. The van der Waals surface area contributed by atoms with Crippen LogP contribution in [-0.2, 0) is 9.59 Å². The maximum absolute atomic E-state index is 12.2. The molecule has 0 spiro atoms. The zero-order valence-corrected chi connectivity index (χ0v) is 15.6. The van der Waals surface area contributed by atoms with Crippen molar-refractivity contribution < 1.29 is 9.59 Å². The summed E-state index contributed by atoms with van der Waals surface area (Å²) in [5.74, 6) is 0.0338. The Hall–Kier alpha value is -1.88. The highest BCUT2D eigenvalue weighted by atomic mass is 16.2. The van der Waals surface area contributed by atoms with Gasteiger partial charge in [0.25, 0.3) is 0 Å². The molecule has 1 aromatic carbocycles. The summed E-state index contributed by atoms with van der Waals surface area (Å²) in [4.78, 5) is 26.8. The first kappa shape index (κ1) is 18.9. The fraction of sp³-hybridized carbons (Fsp3) is 0.619. The van der Waals surface area contributed by atoms with Crippen molar-refractivity contribution in [1.82, 2.24) is 15.5 Å². The number of rotatable bonds is 7. The largest absolute Gasteiger partial charge is 0.353 e. The molecule has 2 N–H and O–H groups in total. The molecule has 1 saturated heterocycles. The highest BCUT2D eigenvalue weighted by Crippen LogP contribution is 2.25. The van der Waals surface area contributed by atoms with Gasteiger partial charge in [-0.1, -0.05) is 49.6 Å². The Balaban J connectivity index is 1.47. The zero-order valence-electron chi connectivity index (χ0n) is 15.6. The van der Waals surface area contributed by atoms with Crippen LogP contribution in [0.3, 0.4) is 0 Å². The van der Waals surface area contributed by atoms with E-state index in [1.807, 2.05) is 18.2 Å². The maximum Gasteiger partial charge on any atom is 0.239 e. The fourth-order valence-electron chi connectivity index (χ4n) is 4.14. The van der Waals surface area contributed by atoms with Crippen molar-refractivity contribution in [2.24, 2.45) is 5.92 Å². The van der Waals surface area contributed by atoms with Crippen molar-refractivity contribution in [1.29, 1.82) is 0 Å². The number of carbonyl (C=O) groups excluding carboxylic acids is 2. The van der Waals surface area contributed by atoms with Gasteiger partial charge in [-0.3, -0.25) is 14.5 Å². The average molecular weight is 357 g/mol. The molecule has 5 nitrogen and oxygen atoms in total. The molecule has 1 heterocycles. The van der Waals surface area contributed by atoms with Crippen LogP contribution in [0, 0.1) is 5.92 Å². The lowest BCUT2D eigenvalue weighted by atomic mass is 9.89. The summed E-state index contributed by atoms with van der Waals surface area (Å²) < 4.78 is 0. The van der Waals surface area contributed by atoms with E-state index < -0.39 is 0 Å². The molecule has 142 valence electrons. The molecule has 1 unspecified atom stereocenters. The summed E-state index contributed by atoms with van der Waals surface area (Å²) in [5.41, 5.74) is 1.24. The topological polar surface area (TPSA) is 61.4 Å². The summed E-state index contributed by atoms with van der Waals surface area (Å²) in [6, 6.07) is 10.6. The lowest BCUT2D eigenvalue weighted by Crippen LogP contribution is -2.43. The lowest BCUT2D eigenvalue weighted by molar-refractivity contribution is -0.129. The van der Waals surface area contributed by atoms with Crippen molar-refractivity contribution in [3.8, 4) is 0 Å². The van der Waals surface area contributed by atoms with Crippen LogP contribution in [0.2, 0.25) is 0 Å². The van der Waals surface area contributed by atoms with Crippen LogP contribution < -0.4 is 10.6 Å². The SMILES string of the molecule is O=C(CNC(=O)C1CCCCC1)NCC(c1ccccc1)N1CCCC1. The predicted octanol–water partition coefficient (Wildman–Crippen LogP) is 2.64. The second-order valence-electron chi connectivity index (χ2n) is 7.53. The first-order valence-electron chi connectivity index (χ1n) is 10.1. The number of nitrogens with zero attached hydrogens (tertiary/aromatic N) is 1. The Bertz CT molecular complexity index is 578. The number of hydrogen-bond donors (Lipinski definition) is 2. The third kappa shape index (κ3) is 5.31. The van der Waals surface area contributed by atoms with Crippen molar-refractivity contribution >= 4 is 11.8 Å². The smallest absolute Gasteiger partial charge is 0.239 e. The molecule has 1 aliphatic carbocycles. The van der Waals surface area contributed by atoms with Crippen molar-refractivity contribution in [2.45, 2.75) is 51.0 Å².